The lowest BCUT2D eigenvalue weighted by Crippen LogP contribution is -2.08. The molecule has 18 heavy (non-hydrogen) atoms. The standard InChI is InChI=1S/C14H19ClO3/c1-17-11-4-6-12(13(15)9-11)14(16)7-5-10-3-2-8-18-10/h4,6,9-10,14,16H,2-3,5,7-8H2,1H3. The van der Waals surface area contributed by atoms with Gasteiger partial charge in [0.1, 0.15) is 5.75 Å². The number of aliphatic hydroxyl groups excluding tert-OH is 1. The van der Waals surface area contributed by atoms with Crippen molar-refractivity contribution in [3.63, 3.8) is 0 Å². The van der Waals surface area contributed by atoms with Gasteiger partial charge in [-0.1, -0.05) is 17.7 Å². The average Bonchev–Trinajstić information content (AvgIpc) is 2.88. The SMILES string of the molecule is COc1ccc(C(O)CCC2CCCO2)c(Cl)c1. The maximum atomic E-state index is 10.1. The number of methoxy groups -OCH3 is 1. The summed E-state index contributed by atoms with van der Waals surface area (Å²) in [5.41, 5.74) is 0.760. The molecule has 0 amide bonds. The van der Waals surface area contributed by atoms with Crippen molar-refractivity contribution in [2.24, 2.45) is 0 Å². The first kappa shape index (κ1) is 13.7. The van der Waals surface area contributed by atoms with Gasteiger partial charge in [0.15, 0.2) is 0 Å². The normalized spacial score (nSPS) is 20.9. The van der Waals surface area contributed by atoms with Crippen molar-refractivity contribution in [3.8, 4) is 5.75 Å². The van der Waals surface area contributed by atoms with Crippen LogP contribution in [0.15, 0.2) is 18.2 Å². The summed E-state index contributed by atoms with van der Waals surface area (Å²) in [6, 6.07) is 5.37. The summed E-state index contributed by atoms with van der Waals surface area (Å²) >= 11 is 6.13. The van der Waals surface area contributed by atoms with E-state index in [1.54, 1.807) is 13.2 Å². The van der Waals surface area contributed by atoms with Crippen LogP contribution in [-0.4, -0.2) is 24.9 Å². The highest BCUT2D eigenvalue weighted by Crippen LogP contribution is 2.31. The molecule has 1 aliphatic rings. The molecule has 2 atom stereocenters. The molecule has 1 fully saturated rings. The van der Waals surface area contributed by atoms with Gasteiger partial charge in [-0.3, -0.25) is 0 Å². The van der Waals surface area contributed by atoms with Crippen molar-refractivity contribution in [1.82, 2.24) is 0 Å². The lowest BCUT2D eigenvalue weighted by Gasteiger charge is -2.15. The topological polar surface area (TPSA) is 38.7 Å². The van der Waals surface area contributed by atoms with Crippen LogP contribution in [0.5, 0.6) is 5.75 Å². The highest BCUT2D eigenvalue weighted by molar-refractivity contribution is 6.31. The van der Waals surface area contributed by atoms with E-state index in [-0.39, 0.29) is 0 Å². The minimum Gasteiger partial charge on any atom is -0.497 e. The smallest absolute Gasteiger partial charge is 0.120 e. The summed E-state index contributed by atoms with van der Waals surface area (Å²) in [4.78, 5) is 0. The molecule has 0 aliphatic carbocycles. The van der Waals surface area contributed by atoms with E-state index in [0.29, 0.717) is 23.3 Å². The molecular formula is C14H19ClO3. The van der Waals surface area contributed by atoms with Crippen LogP contribution in [0.2, 0.25) is 5.02 Å². The number of ether oxygens (including phenoxy) is 2. The Labute approximate surface area is 113 Å². The molecule has 2 rings (SSSR count). The van der Waals surface area contributed by atoms with Gasteiger partial charge in [-0.15, -0.1) is 0 Å². The Morgan fingerprint density at radius 1 is 1.56 bits per heavy atom. The van der Waals surface area contributed by atoms with Gasteiger partial charge in [0, 0.05) is 6.61 Å². The van der Waals surface area contributed by atoms with Crippen LogP contribution in [0, 0.1) is 0 Å². The van der Waals surface area contributed by atoms with E-state index in [0.717, 1.165) is 31.4 Å². The third-order valence-corrected chi connectivity index (χ3v) is 3.68. The lowest BCUT2D eigenvalue weighted by atomic mass is 10.0. The summed E-state index contributed by atoms with van der Waals surface area (Å²) in [6.07, 6.45) is 3.55. The van der Waals surface area contributed by atoms with Crippen LogP contribution >= 0.6 is 11.6 Å². The highest BCUT2D eigenvalue weighted by Gasteiger charge is 2.19. The summed E-state index contributed by atoms with van der Waals surface area (Å²) < 4.78 is 10.6. The van der Waals surface area contributed by atoms with Gasteiger partial charge in [-0.2, -0.15) is 0 Å². The molecule has 1 aliphatic heterocycles. The van der Waals surface area contributed by atoms with E-state index in [4.69, 9.17) is 21.1 Å². The van der Waals surface area contributed by atoms with Crippen molar-refractivity contribution in [3.05, 3.63) is 28.8 Å². The largest absolute Gasteiger partial charge is 0.497 e. The molecule has 3 nitrogen and oxygen atoms in total. The predicted molar refractivity (Wildman–Crippen MR) is 71.2 cm³/mol. The van der Waals surface area contributed by atoms with E-state index in [9.17, 15) is 5.11 Å². The van der Waals surface area contributed by atoms with Gasteiger partial charge in [0.2, 0.25) is 0 Å². The second-order valence-electron chi connectivity index (χ2n) is 4.62. The second kappa shape index (κ2) is 6.41. The molecule has 1 heterocycles. The monoisotopic (exact) mass is 270 g/mol. The van der Waals surface area contributed by atoms with Crippen LogP contribution in [0.25, 0.3) is 0 Å². The fourth-order valence-corrected chi connectivity index (χ4v) is 2.57. The maximum Gasteiger partial charge on any atom is 0.120 e. The molecule has 1 saturated heterocycles. The number of hydrogen-bond donors (Lipinski definition) is 1. The third-order valence-electron chi connectivity index (χ3n) is 3.35. The Bertz CT molecular complexity index is 389. The zero-order valence-electron chi connectivity index (χ0n) is 10.6. The fourth-order valence-electron chi connectivity index (χ4n) is 2.28. The summed E-state index contributed by atoms with van der Waals surface area (Å²) in [7, 11) is 1.60. The van der Waals surface area contributed by atoms with E-state index in [2.05, 4.69) is 0 Å². The molecule has 0 spiro atoms. The van der Waals surface area contributed by atoms with Crippen molar-refractivity contribution >= 4 is 11.6 Å². The quantitative estimate of drug-likeness (QED) is 0.892. The third kappa shape index (κ3) is 3.37. The first-order chi connectivity index (χ1) is 8.70. The van der Waals surface area contributed by atoms with Crippen molar-refractivity contribution in [1.29, 1.82) is 0 Å². The Balaban J connectivity index is 1.93. The van der Waals surface area contributed by atoms with Crippen LogP contribution in [0.3, 0.4) is 0 Å². The summed E-state index contributed by atoms with van der Waals surface area (Å²) in [5, 5.41) is 10.7. The number of halogens is 1. The molecule has 1 aromatic rings. The van der Waals surface area contributed by atoms with E-state index in [1.807, 2.05) is 12.1 Å². The minimum absolute atomic E-state index is 0.302. The molecule has 0 radical (unpaired) electrons. The first-order valence-electron chi connectivity index (χ1n) is 6.34. The van der Waals surface area contributed by atoms with Gasteiger partial charge in [0.05, 0.1) is 24.3 Å². The zero-order valence-corrected chi connectivity index (χ0v) is 11.3. The van der Waals surface area contributed by atoms with E-state index in [1.165, 1.54) is 0 Å². The number of rotatable bonds is 5. The number of aliphatic hydroxyl groups is 1. The average molecular weight is 271 g/mol. The van der Waals surface area contributed by atoms with Crippen molar-refractivity contribution < 1.29 is 14.6 Å². The van der Waals surface area contributed by atoms with Crippen LogP contribution < -0.4 is 4.74 Å². The molecular weight excluding hydrogens is 252 g/mol. The Morgan fingerprint density at radius 2 is 2.39 bits per heavy atom. The van der Waals surface area contributed by atoms with Crippen molar-refractivity contribution in [2.45, 2.75) is 37.9 Å². The summed E-state index contributed by atoms with van der Waals surface area (Å²) in [6.45, 7) is 0.851. The predicted octanol–water partition coefficient (Wildman–Crippen LogP) is 3.34. The Morgan fingerprint density at radius 3 is 3.00 bits per heavy atom. The van der Waals surface area contributed by atoms with E-state index < -0.39 is 6.10 Å². The minimum atomic E-state index is -0.535. The maximum absolute atomic E-state index is 10.1. The van der Waals surface area contributed by atoms with Gasteiger partial charge >= 0.3 is 0 Å². The summed E-state index contributed by atoms with van der Waals surface area (Å²) in [5.74, 6) is 0.704. The highest BCUT2D eigenvalue weighted by atomic mass is 35.5. The fraction of sp³-hybridized carbons (Fsp3) is 0.571. The molecule has 0 saturated carbocycles. The number of benzene rings is 1. The molecule has 1 aromatic carbocycles. The van der Waals surface area contributed by atoms with Gasteiger partial charge in [-0.25, -0.2) is 0 Å². The molecule has 1 N–H and O–H groups in total. The molecule has 0 aromatic heterocycles. The van der Waals surface area contributed by atoms with Crippen LogP contribution in [-0.2, 0) is 4.74 Å². The Kier molecular flexibility index (Phi) is 4.87. The van der Waals surface area contributed by atoms with Gasteiger partial charge < -0.3 is 14.6 Å². The number of hydrogen-bond acceptors (Lipinski definition) is 3. The van der Waals surface area contributed by atoms with Gasteiger partial charge in [-0.05, 0) is 43.4 Å². The first-order valence-corrected chi connectivity index (χ1v) is 6.71. The van der Waals surface area contributed by atoms with E-state index >= 15 is 0 Å². The Hall–Kier alpha value is -0.770. The van der Waals surface area contributed by atoms with Crippen LogP contribution in [0.1, 0.15) is 37.4 Å². The molecule has 2 unspecified atom stereocenters. The van der Waals surface area contributed by atoms with Crippen LogP contribution in [0.4, 0.5) is 0 Å². The lowest BCUT2D eigenvalue weighted by molar-refractivity contribution is 0.0812. The molecule has 4 heteroatoms. The zero-order chi connectivity index (χ0) is 13.0. The van der Waals surface area contributed by atoms with Gasteiger partial charge in [0.25, 0.3) is 0 Å². The molecule has 0 bridgehead atoms. The second-order valence-corrected chi connectivity index (χ2v) is 5.02. The van der Waals surface area contributed by atoms with Crippen molar-refractivity contribution in [2.75, 3.05) is 13.7 Å². The molecule has 100 valence electrons.